The monoisotopic (exact) mass is 256 g/mol. The lowest BCUT2D eigenvalue weighted by molar-refractivity contribution is -0.141. The van der Waals surface area contributed by atoms with Crippen molar-refractivity contribution in [3.63, 3.8) is 0 Å². The first-order chi connectivity index (χ1) is 8.42. The molecule has 18 heavy (non-hydrogen) atoms. The van der Waals surface area contributed by atoms with Gasteiger partial charge in [-0.1, -0.05) is 13.8 Å². The van der Waals surface area contributed by atoms with Crippen LogP contribution < -0.4 is 5.32 Å². The van der Waals surface area contributed by atoms with Crippen LogP contribution in [0.1, 0.15) is 40.0 Å². The molecule has 6 heteroatoms. The number of carbonyl (C=O) groups is 3. The number of rotatable bonds is 6. The SMILES string of the molecule is CCC(CC)N1C(=O)CC(NC(C)C(=O)O)C1=O. The number of nitrogens with one attached hydrogen (secondary N) is 1. The molecule has 1 aliphatic rings. The third-order valence-electron chi connectivity index (χ3n) is 3.31. The third kappa shape index (κ3) is 2.87. The Hall–Kier alpha value is -1.43. The van der Waals surface area contributed by atoms with Crippen molar-refractivity contribution in [3.8, 4) is 0 Å². The normalized spacial score (nSPS) is 21.8. The molecule has 2 N–H and O–H groups in total. The quantitative estimate of drug-likeness (QED) is 0.670. The van der Waals surface area contributed by atoms with Crippen LogP contribution in [0.15, 0.2) is 0 Å². The summed E-state index contributed by atoms with van der Waals surface area (Å²) < 4.78 is 0. The van der Waals surface area contributed by atoms with Crippen LogP contribution in [-0.2, 0) is 14.4 Å². The van der Waals surface area contributed by atoms with Crippen LogP contribution in [0.25, 0.3) is 0 Å². The Bertz CT molecular complexity index is 352. The molecule has 1 fully saturated rings. The van der Waals surface area contributed by atoms with Gasteiger partial charge < -0.3 is 5.11 Å². The van der Waals surface area contributed by atoms with E-state index in [1.165, 1.54) is 11.8 Å². The highest BCUT2D eigenvalue weighted by atomic mass is 16.4. The van der Waals surface area contributed by atoms with E-state index in [9.17, 15) is 14.4 Å². The molecule has 2 atom stereocenters. The Morgan fingerprint density at radius 3 is 2.44 bits per heavy atom. The zero-order chi connectivity index (χ0) is 13.9. The van der Waals surface area contributed by atoms with Crippen molar-refractivity contribution < 1.29 is 19.5 Å². The van der Waals surface area contributed by atoms with Crippen LogP contribution in [0, 0.1) is 0 Å². The van der Waals surface area contributed by atoms with E-state index in [1.807, 2.05) is 13.8 Å². The van der Waals surface area contributed by atoms with Crippen molar-refractivity contribution in [2.24, 2.45) is 0 Å². The van der Waals surface area contributed by atoms with Crippen molar-refractivity contribution in [2.75, 3.05) is 0 Å². The molecule has 102 valence electrons. The number of likely N-dealkylation sites (tertiary alicyclic amines) is 1. The minimum absolute atomic E-state index is 0.0486. The zero-order valence-corrected chi connectivity index (χ0v) is 11.0. The standard InChI is InChI=1S/C12H20N2O4/c1-4-8(5-2)14-10(15)6-9(11(14)16)13-7(3)12(17)18/h7-9,13H,4-6H2,1-3H3,(H,17,18). The lowest BCUT2D eigenvalue weighted by Gasteiger charge is -2.24. The Labute approximate surface area is 106 Å². The van der Waals surface area contributed by atoms with Crippen molar-refractivity contribution >= 4 is 17.8 Å². The number of nitrogens with zero attached hydrogens (tertiary/aromatic N) is 1. The van der Waals surface area contributed by atoms with Gasteiger partial charge in [-0.15, -0.1) is 0 Å². The van der Waals surface area contributed by atoms with E-state index in [2.05, 4.69) is 5.32 Å². The molecular weight excluding hydrogens is 236 g/mol. The average molecular weight is 256 g/mol. The second kappa shape index (κ2) is 5.95. The number of imide groups is 1. The largest absolute Gasteiger partial charge is 0.480 e. The second-order valence-corrected chi connectivity index (χ2v) is 4.56. The molecule has 0 radical (unpaired) electrons. The number of hydrogen-bond acceptors (Lipinski definition) is 4. The van der Waals surface area contributed by atoms with Gasteiger partial charge in [0.1, 0.15) is 6.04 Å². The summed E-state index contributed by atoms with van der Waals surface area (Å²) in [7, 11) is 0. The zero-order valence-electron chi connectivity index (χ0n) is 11.0. The molecule has 1 aliphatic heterocycles. The molecule has 0 aromatic rings. The van der Waals surface area contributed by atoms with Gasteiger partial charge in [-0.2, -0.15) is 0 Å². The smallest absolute Gasteiger partial charge is 0.320 e. The average Bonchev–Trinajstić information content (AvgIpc) is 2.58. The van der Waals surface area contributed by atoms with E-state index >= 15 is 0 Å². The van der Waals surface area contributed by atoms with Crippen LogP contribution in [0.4, 0.5) is 0 Å². The fourth-order valence-electron chi connectivity index (χ4n) is 2.19. The number of aliphatic carboxylic acids is 1. The fourth-order valence-corrected chi connectivity index (χ4v) is 2.19. The highest BCUT2D eigenvalue weighted by molar-refractivity contribution is 6.06. The topological polar surface area (TPSA) is 86.7 Å². The molecule has 6 nitrogen and oxygen atoms in total. The third-order valence-corrected chi connectivity index (χ3v) is 3.31. The van der Waals surface area contributed by atoms with Crippen molar-refractivity contribution in [2.45, 2.75) is 58.2 Å². The van der Waals surface area contributed by atoms with E-state index in [0.717, 1.165) is 12.8 Å². The maximum absolute atomic E-state index is 12.1. The van der Waals surface area contributed by atoms with Gasteiger partial charge in [0.05, 0.1) is 12.5 Å². The summed E-state index contributed by atoms with van der Waals surface area (Å²) >= 11 is 0. The maximum atomic E-state index is 12.1. The predicted molar refractivity (Wildman–Crippen MR) is 64.9 cm³/mol. The molecule has 0 aromatic heterocycles. The summed E-state index contributed by atoms with van der Waals surface area (Å²) in [6, 6.07) is -1.63. The molecular formula is C12H20N2O4. The molecule has 1 rings (SSSR count). The van der Waals surface area contributed by atoms with E-state index in [-0.39, 0.29) is 24.3 Å². The van der Waals surface area contributed by atoms with Crippen molar-refractivity contribution in [1.29, 1.82) is 0 Å². The lowest BCUT2D eigenvalue weighted by Crippen LogP contribution is -2.47. The molecule has 0 bridgehead atoms. The highest BCUT2D eigenvalue weighted by Crippen LogP contribution is 2.20. The maximum Gasteiger partial charge on any atom is 0.320 e. The van der Waals surface area contributed by atoms with E-state index in [1.54, 1.807) is 0 Å². The number of hydrogen-bond donors (Lipinski definition) is 2. The minimum atomic E-state index is -1.03. The minimum Gasteiger partial charge on any atom is -0.480 e. The summed E-state index contributed by atoms with van der Waals surface area (Å²) in [5.41, 5.74) is 0. The van der Waals surface area contributed by atoms with E-state index < -0.39 is 18.1 Å². The van der Waals surface area contributed by atoms with Crippen LogP contribution in [0.5, 0.6) is 0 Å². The number of amides is 2. The molecule has 0 aliphatic carbocycles. The fraction of sp³-hybridized carbons (Fsp3) is 0.750. The molecule has 1 saturated heterocycles. The first-order valence-electron chi connectivity index (χ1n) is 6.27. The van der Waals surface area contributed by atoms with E-state index in [4.69, 9.17) is 5.11 Å². The first kappa shape index (κ1) is 14.6. The Morgan fingerprint density at radius 2 is 2.00 bits per heavy atom. The Kier molecular flexibility index (Phi) is 4.84. The van der Waals surface area contributed by atoms with Gasteiger partial charge in [0.2, 0.25) is 11.8 Å². The van der Waals surface area contributed by atoms with Gasteiger partial charge in [0.15, 0.2) is 0 Å². The van der Waals surface area contributed by atoms with Crippen LogP contribution >= 0.6 is 0 Å². The molecule has 1 heterocycles. The molecule has 0 spiro atoms. The van der Waals surface area contributed by atoms with Crippen LogP contribution in [0.3, 0.4) is 0 Å². The predicted octanol–water partition coefficient (Wildman–Crippen LogP) is 0.365. The van der Waals surface area contributed by atoms with Gasteiger partial charge in [-0.05, 0) is 19.8 Å². The summed E-state index contributed by atoms with van der Waals surface area (Å²) in [6.07, 6.45) is 1.48. The molecule has 2 unspecified atom stereocenters. The summed E-state index contributed by atoms with van der Waals surface area (Å²) in [4.78, 5) is 35.9. The van der Waals surface area contributed by atoms with Gasteiger partial charge in [0, 0.05) is 6.04 Å². The summed E-state index contributed by atoms with van der Waals surface area (Å²) in [5.74, 6) is -1.55. The van der Waals surface area contributed by atoms with Crippen molar-refractivity contribution in [3.05, 3.63) is 0 Å². The Balaban J connectivity index is 2.75. The van der Waals surface area contributed by atoms with Gasteiger partial charge in [-0.25, -0.2) is 0 Å². The van der Waals surface area contributed by atoms with E-state index in [0.29, 0.717) is 0 Å². The number of carboxylic acids is 1. The van der Waals surface area contributed by atoms with Crippen molar-refractivity contribution in [1.82, 2.24) is 10.2 Å². The summed E-state index contributed by atoms with van der Waals surface area (Å²) in [6.45, 7) is 5.31. The number of carboxylic acid groups (broad SMARTS) is 1. The van der Waals surface area contributed by atoms with Crippen LogP contribution in [0.2, 0.25) is 0 Å². The molecule has 2 amide bonds. The van der Waals surface area contributed by atoms with Crippen LogP contribution in [-0.4, -0.2) is 45.9 Å². The lowest BCUT2D eigenvalue weighted by atomic mass is 10.1. The summed E-state index contributed by atoms with van der Waals surface area (Å²) in [5, 5.41) is 11.5. The highest BCUT2D eigenvalue weighted by Gasteiger charge is 2.42. The number of carbonyl (C=O) groups excluding carboxylic acids is 2. The van der Waals surface area contributed by atoms with Gasteiger partial charge in [0.25, 0.3) is 0 Å². The van der Waals surface area contributed by atoms with Gasteiger partial charge in [-0.3, -0.25) is 24.6 Å². The second-order valence-electron chi connectivity index (χ2n) is 4.56. The molecule has 0 saturated carbocycles. The van der Waals surface area contributed by atoms with Gasteiger partial charge >= 0.3 is 5.97 Å². The first-order valence-corrected chi connectivity index (χ1v) is 6.27. The molecule has 0 aromatic carbocycles. The Morgan fingerprint density at radius 1 is 1.44 bits per heavy atom.